The lowest BCUT2D eigenvalue weighted by Crippen LogP contribution is -2.51. The fourth-order valence-electron chi connectivity index (χ4n) is 4.34. The van der Waals surface area contributed by atoms with Crippen molar-refractivity contribution >= 4 is 27.7 Å². The lowest BCUT2D eigenvalue weighted by Gasteiger charge is -2.45. The third-order valence-corrected chi connectivity index (χ3v) is 6.80. The van der Waals surface area contributed by atoms with E-state index in [1.54, 1.807) is 13.0 Å². The molecule has 33 heavy (non-hydrogen) atoms. The van der Waals surface area contributed by atoms with Crippen LogP contribution < -0.4 is 14.4 Å². The molecule has 9 nitrogen and oxygen atoms in total. The number of carbonyl (C=O) groups excluding carboxylic acids is 1. The molecule has 1 saturated carbocycles. The molecular formula is C20H22F3N5O4S. The van der Waals surface area contributed by atoms with Gasteiger partial charge in [-0.3, -0.25) is 4.79 Å². The number of halogens is 3. The number of amides is 1. The second-order valence-electron chi connectivity index (χ2n) is 8.25. The highest BCUT2D eigenvalue weighted by molar-refractivity contribution is 7.87. The van der Waals surface area contributed by atoms with E-state index in [9.17, 15) is 26.4 Å². The number of carbonyl (C=O) groups is 1. The van der Waals surface area contributed by atoms with Crippen LogP contribution in [0.4, 0.5) is 24.8 Å². The molecule has 0 radical (unpaired) electrons. The number of pyridine rings is 1. The number of aryl methyl sites for hydroxylation is 1. The Labute approximate surface area is 188 Å². The second-order valence-corrected chi connectivity index (χ2v) is 9.79. The monoisotopic (exact) mass is 485 g/mol. The van der Waals surface area contributed by atoms with E-state index in [4.69, 9.17) is 0 Å². The molecule has 1 aliphatic heterocycles. The normalized spacial score (nSPS) is 23.1. The van der Waals surface area contributed by atoms with Crippen molar-refractivity contribution in [3.8, 4) is 5.88 Å². The maximum absolute atomic E-state index is 13.1. The summed E-state index contributed by atoms with van der Waals surface area (Å²) in [5, 5.41) is 3.11. The Kier molecular flexibility index (Phi) is 5.71. The number of hydrogen-bond donors (Lipinski definition) is 1. The number of hydrogen-bond acceptors (Lipinski definition) is 8. The van der Waals surface area contributed by atoms with E-state index in [-0.39, 0.29) is 41.0 Å². The predicted octanol–water partition coefficient (Wildman–Crippen LogP) is 3.34. The first-order valence-electron chi connectivity index (χ1n) is 10.3. The lowest BCUT2D eigenvalue weighted by molar-refractivity contribution is -0.117. The van der Waals surface area contributed by atoms with E-state index >= 15 is 0 Å². The molecule has 0 aromatic carbocycles. The molecule has 1 fully saturated rings. The van der Waals surface area contributed by atoms with Gasteiger partial charge in [0.25, 0.3) is 0 Å². The summed E-state index contributed by atoms with van der Waals surface area (Å²) in [6.07, 6.45) is 4.45. The highest BCUT2D eigenvalue weighted by Crippen LogP contribution is 2.52. The van der Waals surface area contributed by atoms with Crippen molar-refractivity contribution in [1.82, 2.24) is 15.0 Å². The number of alkyl halides is 3. The first-order chi connectivity index (χ1) is 15.4. The number of fused-ring (bicyclic) bond motifs is 1. The van der Waals surface area contributed by atoms with E-state index in [1.165, 1.54) is 24.1 Å². The highest BCUT2D eigenvalue weighted by atomic mass is 32.2. The molecule has 0 bridgehead atoms. The minimum atomic E-state index is -5.98. The zero-order chi connectivity index (χ0) is 24.1. The van der Waals surface area contributed by atoms with Crippen LogP contribution in [-0.2, 0) is 14.9 Å². The first-order valence-corrected chi connectivity index (χ1v) is 11.7. The van der Waals surface area contributed by atoms with E-state index in [0.717, 1.165) is 19.0 Å². The Balaban J connectivity index is 1.88. The molecule has 2 aliphatic rings. The number of rotatable bonds is 5. The Morgan fingerprint density at radius 2 is 1.88 bits per heavy atom. The largest absolute Gasteiger partial charge is 0.534 e. The van der Waals surface area contributed by atoms with Crippen molar-refractivity contribution in [1.29, 1.82) is 0 Å². The van der Waals surface area contributed by atoms with E-state index < -0.39 is 27.5 Å². The summed E-state index contributed by atoms with van der Waals surface area (Å²) in [7, 11) is -5.98. The van der Waals surface area contributed by atoms with Crippen molar-refractivity contribution in [3.63, 3.8) is 0 Å². The molecule has 3 atom stereocenters. The Morgan fingerprint density at radius 3 is 2.45 bits per heavy atom. The Hall–Kier alpha value is -2.96. The quantitative estimate of drug-likeness (QED) is 0.507. The molecule has 1 N–H and O–H groups in total. The molecule has 1 amide bonds. The van der Waals surface area contributed by atoms with Gasteiger partial charge < -0.3 is 14.4 Å². The van der Waals surface area contributed by atoms with Gasteiger partial charge in [0, 0.05) is 37.0 Å². The van der Waals surface area contributed by atoms with E-state index in [1.807, 2.05) is 6.92 Å². The van der Waals surface area contributed by atoms with Crippen LogP contribution in [0.25, 0.3) is 0 Å². The van der Waals surface area contributed by atoms with Crippen LogP contribution >= 0.6 is 0 Å². The van der Waals surface area contributed by atoms with Crippen LogP contribution in [0.15, 0.2) is 24.5 Å². The zero-order valence-corrected chi connectivity index (χ0v) is 18.8. The standard InChI is InChI=1S/C20H22F3N5O4S/c1-10-6-8-25-19(26-10)27-16-11(2)17(13-4-5-13)28(12(3)29)14-7-9-24-18(15(14)16)32-33(30,31)20(21,22)23/h6-9,11,13,16-17H,4-5H2,1-3H3,(H,25,26,27). The van der Waals surface area contributed by atoms with Gasteiger partial charge in [0.2, 0.25) is 17.7 Å². The minimum Gasteiger partial charge on any atom is -0.355 e. The molecule has 2 aromatic rings. The summed E-state index contributed by atoms with van der Waals surface area (Å²) in [5.41, 5.74) is -4.72. The molecule has 0 spiro atoms. The molecule has 13 heteroatoms. The maximum atomic E-state index is 13.1. The fourth-order valence-corrected chi connectivity index (χ4v) is 4.77. The van der Waals surface area contributed by atoms with Gasteiger partial charge in [-0.15, -0.1) is 0 Å². The number of nitrogens with one attached hydrogen (secondary N) is 1. The molecule has 1 aliphatic carbocycles. The topological polar surface area (TPSA) is 114 Å². The summed E-state index contributed by atoms with van der Waals surface area (Å²) >= 11 is 0. The smallest absolute Gasteiger partial charge is 0.355 e. The Bertz CT molecular complexity index is 1190. The third-order valence-electron chi connectivity index (χ3n) is 5.86. The van der Waals surface area contributed by atoms with Gasteiger partial charge in [0.15, 0.2) is 0 Å². The average molecular weight is 485 g/mol. The summed E-state index contributed by atoms with van der Waals surface area (Å²) in [4.78, 5) is 26.4. The van der Waals surface area contributed by atoms with Gasteiger partial charge in [-0.1, -0.05) is 6.92 Å². The summed E-state index contributed by atoms with van der Waals surface area (Å²) < 4.78 is 67.2. The van der Waals surface area contributed by atoms with Crippen LogP contribution in [-0.4, -0.2) is 40.8 Å². The molecule has 4 rings (SSSR count). The molecular weight excluding hydrogens is 463 g/mol. The fraction of sp³-hybridized carbons (Fsp3) is 0.500. The first kappa shape index (κ1) is 23.2. The number of aromatic nitrogens is 3. The van der Waals surface area contributed by atoms with Crippen molar-refractivity contribution < 1.29 is 30.6 Å². The van der Waals surface area contributed by atoms with Crippen molar-refractivity contribution in [3.05, 3.63) is 35.8 Å². The van der Waals surface area contributed by atoms with Crippen molar-refractivity contribution in [2.75, 3.05) is 10.2 Å². The van der Waals surface area contributed by atoms with Crippen molar-refractivity contribution in [2.45, 2.75) is 51.2 Å². The summed E-state index contributed by atoms with van der Waals surface area (Å²) in [6, 6.07) is 2.12. The third kappa shape index (κ3) is 4.33. The summed E-state index contributed by atoms with van der Waals surface area (Å²) in [5.74, 6) is -1.00. The van der Waals surface area contributed by atoms with E-state index in [0.29, 0.717) is 5.69 Å². The molecule has 2 aromatic heterocycles. The summed E-state index contributed by atoms with van der Waals surface area (Å²) in [6.45, 7) is 4.95. The predicted molar refractivity (Wildman–Crippen MR) is 112 cm³/mol. The van der Waals surface area contributed by atoms with Crippen LogP contribution in [0.5, 0.6) is 5.88 Å². The van der Waals surface area contributed by atoms with Gasteiger partial charge in [-0.2, -0.15) is 21.6 Å². The highest BCUT2D eigenvalue weighted by Gasteiger charge is 2.52. The lowest BCUT2D eigenvalue weighted by atomic mass is 9.80. The van der Waals surface area contributed by atoms with Gasteiger partial charge in [0.05, 0.1) is 17.3 Å². The van der Waals surface area contributed by atoms with Gasteiger partial charge in [-0.05, 0) is 37.8 Å². The van der Waals surface area contributed by atoms with Crippen LogP contribution in [0, 0.1) is 18.8 Å². The number of anilines is 2. The maximum Gasteiger partial charge on any atom is 0.534 e. The SMILES string of the molecule is CC(=O)N1c2ccnc(OS(=O)(=O)C(F)(F)F)c2C(Nc2nccc(C)n2)C(C)C1C1CC1. The average Bonchev–Trinajstić information content (AvgIpc) is 3.53. The van der Waals surface area contributed by atoms with Gasteiger partial charge in [-0.25, -0.2) is 15.0 Å². The van der Waals surface area contributed by atoms with Crippen LogP contribution in [0.1, 0.15) is 44.0 Å². The van der Waals surface area contributed by atoms with Crippen LogP contribution in [0.2, 0.25) is 0 Å². The van der Waals surface area contributed by atoms with Crippen molar-refractivity contribution in [2.24, 2.45) is 11.8 Å². The molecule has 3 unspecified atom stereocenters. The number of nitrogens with zero attached hydrogens (tertiary/aromatic N) is 4. The second kappa shape index (κ2) is 8.12. The zero-order valence-electron chi connectivity index (χ0n) is 18.0. The van der Waals surface area contributed by atoms with Gasteiger partial charge in [0.1, 0.15) is 0 Å². The molecule has 178 valence electrons. The molecule has 3 heterocycles. The molecule has 0 saturated heterocycles. The minimum absolute atomic E-state index is 0.0232. The van der Waals surface area contributed by atoms with Gasteiger partial charge >= 0.3 is 15.6 Å². The Morgan fingerprint density at radius 1 is 1.21 bits per heavy atom. The van der Waals surface area contributed by atoms with Crippen LogP contribution in [0.3, 0.4) is 0 Å². The van der Waals surface area contributed by atoms with E-state index in [2.05, 4.69) is 24.5 Å².